The van der Waals surface area contributed by atoms with Gasteiger partial charge < -0.3 is 19.8 Å². The molecule has 2 fully saturated rings. The summed E-state index contributed by atoms with van der Waals surface area (Å²) in [4.78, 5) is 25.8. The molecule has 2 N–H and O–H groups in total. The van der Waals surface area contributed by atoms with Crippen molar-refractivity contribution in [3.05, 3.63) is 88.4 Å². The highest BCUT2D eigenvalue weighted by Gasteiger charge is 2.50. The Morgan fingerprint density at radius 1 is 1.06 bits per heavy atom. The summed E-state index contributed by atoms with van der Waals surface area (Å²) in [5.74, 6) is 0.156. The predicted octanol–water partition coefficient (Wildman–Crippen LogP) is 4.10. The van der Waals surface area contributed by atoms with Crippen molar-refractivity contribution in [2.75, 3.05) is 26.2 Å². The molecule has 36 heavy (non-hydrogen) atoms. The average molecular weight is 507 g/mol. The maximum absolute atomic E-state index is 13.0. The number of carboxylic acid groups (broad SMARTS) is 1. The molecular formula is C28H27ClN2O5. The zero-order chi connectivity index (χ0) is 25.3. The fraction of sp³-hybridized carbons (Fsp3) is 0.286. The number of carbonyl (C=O) groups is 2. The molecule has 6 rings (SSSR count). The Balaban J connectivity index is 0.000000848. The summed E-state index contributed by atoms with van der Waals surface area (Å²) in [6.07, 6.45) is 0.928. The number of hydrogen-bond donors (Lipinski definition) is 2. The number of ether oxygens (including phenoxy) is 1. The van der Waals surface area contributed by atoms with Gasteiger partial charge >= 0.3 is 0 Å². The SMILES string of the molecule is O=C1COC2(CN1C1CCN(Cc3ccc(O)c(Cl)c3)C1)c1ccccc1-c1ccccc12.O=CO. The number of amides is 1. The Labute approximate surface area is 214 Å². The van der Waals surface area contributed by atoms with Crippen LogP contribution in [0.1, 0.15) is 23.1 Å². The van der Waals surface area contributed by atoms with Gasteiger partial charge in [0.25, 0.3) is 6.47 Å². The lowest BCUT2D eigenvalue weighted by Gasteiger charge is -2.44. The van der Waals surface area contributed by atoms with Crippen molar-refractivity contribution >= 4 is 24.0 Å². The first-order chi connectivity index (χ1) is 17.5. The first-order valence-corrected chi connectivity index (χ1v) is 12.2. The molecule has 3 aromatic carbocycles. The summed E-state index contributed by atoms with van der Waals surface area (Å²) in [5, 5.41) is 16.9. The lowest BCUT2D eigenvalue weighted by atomic mass is 9.88. The van der Waals surface area contributed by atoms with E-state index < -0.39 is 5.60 Å². The van der Waals surface area contributed by atoms with E-state index in [0.717, 1.165) is 42.7 Å². The number of aromatic hydroxyl groups is 1. The van der Waals surface area contributed by atoms with Gasteiger partial charge in [0.1, 0.15) is 18.0 Å². The molecule has 7 nitrogen and oxygen atoms in total. The van der Waals surface area contributed by atoms with Crippen molar-refractivity contribution in [1.29, 1.82) is 0 Å². The van der Waals surface area contributed by atoms with Crippen molar-refractivity contribution in [3.63, 3.8) is 0 Å². The molecule has 1 unspecified atom stereocenters. The van der Waals surface area contributed by atoms with Crippen LogP contribution in [0.5, 0.6) is 5.75 Å². The highest BCUT2D eigenvalue weighted by atomic mass is 35.5. The van der Waals surface area contributed by atoms with Crippen molar-refractivity contribution in [1.82, 2.24) is 9.80 Å². The molecule has 3 aromatic rings. The number of phenolic OH excluding ortho intramolecular Hbond substituents is 1. The predicted molar refractivity (Wildman–Crippen MR) is 136 cm³/mol. The van der Waals surface area contributed by atoms with Crippen LogP contribution in [0, 0.1) is 0 Å². The van der Waals surface area contributed by atoms with E-state index >= 15 is 0 Å². The molecule has 1 amide bonds. The lowest BCUT2D eigenvalue weighted by molar-refractivity contribution is -0.162. The van der Waals surface area contributed by atoms with Crippen LogP contribution in [0.2, 0.25) is 5.02 Å². The van der Waals surface area contributed by atoms with E-state index in [9.17, 15) is 9.90 Å². The second kappa shape index (κ2) is 9.93. The second-order valence-electron chi connectivity index (χ2n) is 9.30. The monoisotopic (exact) mass is 506 g/mol. The molecular weight excluding hydrogens is 480 g/mol. The van der Waals surface area contributed by atoms with Crippen LogP contribution in [0.25, 0.3) is 11.1 Å². The maximum Gasteiger partial charge on any atom is 0.290 e. The molecule has 2 heterocycles. The topological polar surface area (TPSA) is 90.3 Å². The highest BCUT2D eigenvalue weighted by molar-refractivity contribution is 6.32. The minimum atomic E-state index is -0.612. The molecule has 1 atom stereocenters. The summed E-state index contributed by atoms with van der Waals surface area (Å²) in [5.41, 5.74) is 5.13. The van der Waals surface area contributed by atoms with Crippen molar-refractivity contribution in [2.24, 2.45) is 0 Å². The minimum Gasteiger partial charge on any atom is -0.506 e. The molecule has 8 heteroatoms. The maximum atomic E-state index is 13.0. The molecule has 1 spiro atoms. The first kappa shape index (κ1) is 24.3. The summed E-state index contributed by atoms with van der Waals surface area (Å²) in [6.45, 7) is 2.83. The van der Waals surface area contributed by atoms with E-state index in [1.807, 2.05) is 17.0 Å². The molecule has 186 valence electrons. The van der Waals surface area contributed by atoms with Crippen molar-refractivity contribution in [3.8, 4) is 16.9 Å². The smallest absolute Gasteiger partial charge is 0.290 e. The number of halogens is 1. The van der Waals surface area contributed by atoms with Crippen LogP contribution in [0.15, 0.2) is 66.7 Å². The summed E-state index contributed by atoms with van der Waals surface area (Å²) >= 11 is 6.09. The van der Waals surface area contributed by atoms with Crippen LogP contribution in [-0.2, 0) is 26.5 Å². The van der Waals surface area contributed by atoms with Gasteiger partial charge in [-0.05, 0) is 46.4 Å². The van der Waals surface area contributed by atoms with E-state index in [2.05, 4.69) is 53.4 Å². The van der Waals surface area contributed by atoms with Crippen LogP contribution in [0.4, 0.5) is 0 Å². The third kappa shape index (κ3) is 4.23. The third-order valence-electron chi connectivity index (χ3n) is 7.28. The Hall–Kier alpha value is -3.39. The summed E-state index contributed by atoms with van der Waals surface area (Å²) in [6, 6.07) is 22.3. The van der Waals surface area contributed by atoms with Crippen molar-refractivity contribution < 1.29 is 24.5 Å². The highest BCUT2D eigenvalue weighted by Crippen LogP contribution is 2.51. The van der Waals surface area contributed by atoms with Crippen LogP contribution in [0.3, 0.4) is 0 Å². The largest absolute Gasteiger partial charge is 0.506 e. The Morgan fingerprint density at radius 3 is 2.33 bits per heavy atom. The quantitative estimate of drug-likeness (QED) is 0.520. The zero-order valence-corrected chi connectivity index (χ0v) is 20.4. The van der Waals surface area contributed by atoms with Gasteiger partial charge in [-0.3, -0.25) is 14.5 Å². The van der Waals surface area contributed by atoms with Crippen LogP contribution < -0.4 is 0 Å². The van der Waals surface area contributed by atoms with Gasteiger partial charge in [0, 0.05) is 25.7 Å². The molecule has 0 radical (unpaired) electrons. The van der Waals surface area contributed by atoms with Gasteiger partial charge in [0.05, 0.1) is 11.6 Å². The summed E-state index contributed by atoms with van der Waals surface area (Å²) < 4.78 is 6.39. The van der Waals surface area contributed by atoms with E-state index in [1.54, 1.807) is 6.07 Å². The molecule has 2 saturated heterocycles. The number of nitrogens with zero attached hydrogens (tertiary/aromatic N) is 2. The number of carbonyl (C=O) groups excluding carboxylic acids is 1. The normalized spacial score (nSPS) is 20.0. The molecule has 1 aliphatic carbocycles. The third-order valence-corrected chi connectivity index (χ3v) is 7.58. The number of rotatable bonds is 3. The van der Waals surface area contributed by atoms with Crippen LogP contribution in [-0.4, -0.2) is 64.7 Å². The number of fused-ring (bicyclic) bond motifs is 5. The molecule has 2 aliphatic heterocycles. The second-order valence-corrected chi connectivity index (χ2v) is 9.70. The number of phenols is 1. The van der Waals surface area contributed by atoms with Crippen molar-refractivity contribution in [2.45, 2.75) is 24.6 Å². The van der Waals surface area contributed by atoms with E-state index in [0.29, 0.717) is 11.6 Å². The van der Waals surface area contributed by atoms with Gasteiger partial charge in [0.15, 0.2) is 0 Å². The molecule has 0 aromatic heterocycles. The number of hydrogen-bond acceptors (Lipinski definition) is 5. The van der Waals surface area contributed by atoms with E-state index in [-0.39, 0.29) is 30.8 Å². The van der Waals surface area contributed by atoms with Gasteiger partial charge in [-0.2, -0.15) is 0 Å². The minimum absolute atomic E-state index is 0.0574. The Morgan fingerprint density at radius 2 is 1.69 bits per heavy atom. The van der Waals surface area contributed by atoms with Crippen LogP contribution >= 0.6 is 11.6 Å². The number of morpholine rings is 1. The van der Waals surface area contributed by atoms with Gasteiger partial charge in [0.2, 0.25) is 5.91 Å². The molecule has 0 bridgehead atoms. The van der Waals surface area contributed by atoms with E-state index in [4.69, 9.17) is 26.2 Å². The van der Waals surface area contributed by atoms with E-state index in [1.165, 1.54) is 11.1 Å². The van der Waals surface area contributed by atoms with Gasteiger partial charge in [-0.25, -0.2) is 0 Å². The first-order valence-electron chi connectivity index (χ1n) is 11.9. The lowest BCUT2D eigenvalue weighted by Crippen LogP contribution is -2.56. The Bertz CT molecular complexity index is 1250. The number of likely N-dealkylation sites (tertiary alicyclic amines) is 1. The van der Waals surface area contributed by atoms with Gasteiger partial charge in [-0.15, -0.1) is 0 Å². The average Bonchev–Trinajstić information content (AvgIpc) is 3.45. The molecule has 3 aliphatic rings. The Kier molecular flexibility index (Phi) is 6.71. The number of benzene rings is 3. The van der Waals surface area contributed by atoms with Gasteiger partial charge in [-0.1, -0.05) is 66.2 Å². The summed E-state index contributed by atoms with van der Waals surface area (Å²) in [7, 11) is 0. The standard InChI is InChI=1S/C27H25ClN2O3.CH2O2/c28-24-13-18(9-10-25(24)31)14-29-12-11-19(15-29)30-17-27(33-16-26(30)32)22-7-3-1-5-20(22)21-6-2-4-8-23(21)27;2-1-3/h1-10,13,19,31H,11-12,14-17H2;1H,(H,2,3). The fourth-order valence-electron chi connectivity index (χ4n) is 5.70. The zero-order valence-electron chi connectivity index (χ0n) is 19.6. The fourth-order valence-corrected chi connectivity index (χ4v) is 5.91. The molecule has 0 saturated carbocycles.